The lowest BCUT2D eigenvalue weighted by molar-refractivity contribution is -0.138. The Bertz CT molecular complexity index is 1350. The van der Waals surface area contributed by atoms with Crippen LogP contribution in [0.5, 0.6) is 0 Å². The van der Waals surface area contributed by atoms with E-state index in [0.717, 1.165) is 59.2 Å². The van der Waals surface area contributed by atoms with Gasteiger partial charge < -0.3 is 15.5 Å². The van der Waals surface area contributed by atoms with Gasteiger partial charge in [0.05, 0.1) is 12.0 Å². The molecule has 1 aliphatic carbocycles. The van der Waals surface area contributed by atoms with Crippen molar-refractivity contribution in [2.75, 3.05) is 24.5 Å². The number of alkyl halides is 3. The van der Waals surface area contributed by atoms with Crippen LogP contribution >= 0.6 is 0 Å². The Morgan fingerprint density at radius 1 is 0.923 bits per heavy atom. The summed E-state index contributed by atoms with van der Waals surface area (Å²) >= 11 is 0. The van der Waals surface area contributed by atoms with Gasteiger partial charge >= 0.3 is 6.18 Å². The number of benzene rings is 3. The van der Waals surface area contributed by atoms with E-state index >= 15 is 0 Å². The molecule has 0 radical (unpaired) electrons. The third kappa shape index (κ3) is 5.65. The van der Waals surface area contributed by atoms with Crippen molar-refractivity contribution in [3.63, 3.8) is 0 Å². The summed E-state index contributed by atoms with van der Waals surface area (Å²) in [5.41, 5.74) is 5.94. The maximum absolute atomic E-state index is 13.3. The summed E-state index contributed by atoms with van der Waals surface area (Å²) < 4.78 is 39.0. The third-order valence-electron chi connectivity index (χ3n) is 7.53. The van der Waals surface area contributed by atoms with Gasteiger partial charge in [-0.05, 0) is 58.9 Å². The molecule has 2 aliphatic rings. The molecular formula is C31H32F3N3O2. The minimum Gasteiger partial charge on any atom is -0.367 e. The summed E-state index contributed by atoms with van der Waals surface area (Å²) in [6.07, 6.45) is -0.816. The average molecular weight is 536 g/mol. The van der Waals surface area contributed by atoms with Crippen LogP contribution in [0, 0.1) is 0 Å². The second-order valence-electron chi connectivity index (χ2n) is 10.3. The molecule has 204 valence electrons. The normalized spacial score (nSPS) is 16.3. The summed E-state index contributed by atoms with van der Waals surface area (Å²) in [5, 5.41) is 5.21. The lowest BCUT2D eigenvalue weighted by Crippen LogP contribution is -2.59. The van der Waals surface area contributed by atoms with Crippen molar-refractivity contribution in [1.29, 1.82) is 0 Å². The van der Waals surface area contributed by atoms with Crippen molar-refractivity contribution in [3.8, 4) is 11.1 Å². The number of amides is 2. The third-order valence-corrected chi connectivity index (χ3v) is 7.53. The number of hydrogen-bond acceptors (Lipinski definition) is 3. The maximum atomic E-state index is 13.3. The minimum absolute atomic E-state index is 0.0162. The summed E-state index contributed by atoms with van der Waals surface area (Å²) in [6, 6.07) is 20.6. The summed E-state index contributed by atoms with van der Waals surface area (Å²) in [6.45, 7) is 2.00. The number of carbonyl (C=O) groups is 2. The van der Waals surface area contributed by atoms with E-state index in [1.54, 1.807) is 12.1 Å². The molecule has 1 heterocycles. The van der Waals surface area contributed by atoms with Crippen molar-refractivity contribution < 1.29 is 22.8 Å². The topological polar surface area (TPSA) is 61.4 Å². The molecule has 3 aromatic rings. The van der Waals surface area contributed by atoms with Gasteiger partial charge in [0.1, 0.15) is 6.54 Å². The molecular weight excluding hydrogens is 503 g/mol. The molecule has 0 spiro atoms. The van der Waals surface area contributed by atoms with Crippen LogP contribution in [0.4, 0.5) is 18.9 Å². The number of nitrogens with zero attached hydrogens (tertiary/aromatic N) is 1. The van der Waals surface area contributed by atoms with E-state index in [1.165, 1.54) is 0 Å². The molecule has 2 N–H and O–H groups in total. The SMILES string of the molecule is CCCCCc1c(N2CC(NC(=O)c3ccccc3)C2)ccc2c1C(C(=O)NCC(F)(F)F)c1ccccc1-2. The highest BCUT2D eigenvalue weighted by Gasteiger charge is 2.39. The zero-order valence-electron chi connectivity index (χ0n) is 21.9. The largest absolute Gasteiger partial charge is 0.405 e. The van der Waals surface area contributed by atoms with Crippen LogP contribution in [0.25, 0.3) is 11.1 Å². The van der Waals surface area contributed by atoms with E-state index in [0.29, 0.717) is 18.7 Å². The molecule has 5 rings (SSSR count). The molecule has 5 nitrogen and oxygen atoms in total. The van der Waals surface area contributed by atoms with E-state index in [1.807, 2.05) is 48.5 Å². The van der Waals surface area contributed by atoms with Crippen LogP contribution in [-0.4, -0.2) is 43.7 Å². The Morgan fingerprint density at radius 3 is 2.36 bits per heavy atom. The number of fused-ring (bicyclic) bond motifs is 3. The lowest BCUT2D eigenvalue weighted by atomic mass is 9.87. The molecule has 2 amide bonds. The van der Waals surface area contributed by atoms with Gasteiger partial charge in [-0.1, -0.05) is 68.3 Å². The number of unbranched alkanes of at least 4 members (excludes halogenated alkanes) is 2. The number of hydrogen-bond donors (Lipinski definition) is 2. The Hall–Kier alpha value is -3.81. The highest BCUT2D eigenvalue weighted by atomic mass is 19.4. The Kier molecular flexibility index (Phi) is 7.64. The van der Waals surface area contributed by atoms with Crippen molar-refractivity contribution in [2.45, 2.75) is 50.7 Å². The first-order valence-corrected chi connectivity index (χ1v) is 13.5. The van der Waals surface area contributed by atoms with Crippen molar-refractivity contribution in [2.24, 2.45) is 0 Å². The predicted octanol–water partition coefficient (Wildman–Crippen LogP) is 5.83. The van der Waals surface area contributed by atoms with Gasteiger partial charge in [0, 0.05) is 24.3 Å². The fourth-order valence-electron chi connectivity index (χ4n) is 5.66. The molecule has 3 aromatic carbocycles. The van der Waals surface area contributed by atoms with Gasteiger partial charge in [0.2, 0.25) is 5.91 Å². The second-order valence-corrected chi connectivity index (χ2v) is 10.3. The zero-order valence-corrected chi connectivity index (χ0v) is 21.9. The molecule has 39 heavy (non-hydrogen) atoms. The van der Waals surface area contributed by atoms with E-state index in [2.05, 4.69) is 28.5 Å². The van der Waals surface area contributed by atoms with E-state index in [-0.39, 0.29) is 11.9 Å². The molecule has 1 atom stereocenters. The van der Waals surface area contributed by atoms with Gasteiger partial charge in [-0.25, -0.2) is 0 Å². The van der Waals surface area contributed by atoms with E-state index in [9.17, 15) is 22.8 Å². The van der Waals surface area contributed by atoms with Crippen LogP contribution < -0.4 is 15.5 Å². The van der Waals surface area contributed by atoms with E-state index in [4.69, 9.17) is 0 Å². The van der Waals surface area contributed by atoms with Crippen LogP contribution in [0.3, 0.4) is 0 Å². The van der Waals surface area contributed by atoms with Gasteiger partial charge in [-0.2, -0.15) is 13.2 Å². The molecule has 0 aromatic heterocycles. The zero-order chi connectivity index (χ0) is 27.6. The molecule has 1 saturated heterocycles. The Morgan fingerprint density at radius 2 is 1.64 bits per heavy atom. The van der Waals surface area contributed by atoms with Gasteiger partial charge in [0.25, 0.3) is 5.91 Å². The number of halogens is 3. The second kappa shape index (κ2) is 11.1. The van der Waals surface area contributed by atoms with Crippen LogP contribution in [-0.2, 0) is 11.2 Å². The molecule has 1 aliphatic heterocycles. The highest BCUT2D eigenvalue weighted by Crippen LogP contribution is 2.49. The summed E-state index contributed by atoms with van der Waals surface area (Å²) in [4.78, 5) is 28.1. The van der Waals surface area contributed by atoms with Gasteiger partial charge in [-0.3, -0.25) is 9.59 Å². The van der Waals surface area contributed by atoms with Crippen LogP contribution in [0.15, 0.2) is 66.7 Å². The number of anilines is 1. The first-order valence-electron chi connectivity index (χ1n) is 13.5. The smallest absolute Gasteiger partial charge is 0.367 e. The fourth-order valence-corrected chi connectivity index (χ4v) is 5.66. The average Bonchev–Trinajstić information content (AvgIpc) is 3.24. The summed E-state index contributed by atoms with van der Waals surface area (Å²) in [5.74, 6) is -1.55. The van der Waals surface area contributed by atoms with Crippen LogP contribution in [0.2, 0.25) is 0 Å². The molecule has 8 heteroatoms. The number of rotatable bonds is 9. The quantitative estimate of drug-likeness (QED) is 0.339. The molecule has 1 unspecified atom stereocenters. The highest BCUT2D eigenvalue weighted by molar-refractivity contribution is 5.98. The molecule has 1 fully saturated rings. The minimum atomic E-state index is -4.49. The van der Waals surface area contributed by atoms with Crippen molar-refractivity contribution in [1.82, 2.24) is 10.6 Å². The Balaban J connectivity index is 1.44. The summed E-state index contributed by atoms with van der Waals surface area (Å²) in [7, 11) is 0. The maximum Gasteiger partial charge on any atom is 0.405 e. The molecule has 0 bridgehead atoms. The van der Waals surface area contributed by atoms with Crippen LogP contribution in [0.1, 0.15) is 59.2 Å². The number of carbonyl (C=O) groups excluding carboxylic acids is 2. The fraction of sp³-hybridized carbons (Fsp3) is 0.355. The van der Waals surface area contributed by atoms with Gasteiger partial charge in [-0.15, -0.1) is 0 Å². The van der Waals surface area contributed by atoms with Crippen molar-refractivity contribution >= 4 is 17.5 Å². The van der Waals surface area contributed by atoms with E-state index < -0.39 is 24.5 Å². The number of nitrogens with one attached hydrogen (secondary N) is 2. The first-order chi connectivity index (χ1) is 18.8. The standard InChI is InChI=1S/C31H32F3N3O2/c1-2-3-5-14-25-26(37-17-21(18-37)36-29(38)20-10-6-4-7-11-20)16-15-24-22-12-8-9-13-23(22)28(27(24)25)30(39)35-19-31(32,33)34/h4,6-13,15-16,21,28H,2-3,5,14,17-19H2,1H3,(H,35,39)(H,36,38). The lowest BCUT2D eigenvalue weighted by Gasteiger charge is -2.43. The first kappa shape index (κ1) is 26.8. The van der Waals surface area contributed by atoms with Crippen molar-refractivity contribution in [3.05, 3.63) is 89.0 Å². The Labute approximate surface area is 226 Å². The van der Waals surface area contributed by atoms with Gasteiger partial charge in [0.15, 0.2) is 0 Å². The predicted molar refractivity (Wildman–Crippen MR) is 146 cm³/mol. The monoisotopic (exact) mass is 535 g/mol. The molecule has 0 saturated carbocycles.